The molecule has 0 unspecified atom stereocenters. The van der Waals surface area contributed by atoms with E-state index in [2.05, 4.69) is 10.3 Å². The van der Waals surface area contributed by atoms with E-state index in [1.807, 2.05) is 19.0 Å². The van der Waals surface area contributed by atoms with Crippen molar-refractivity contribution in [3.05, 3.63) is 28.4 Å². The Morgan fingerprint density at radius 2 is 2.22 bits per heavy atom. The van der Waals surface area contributed by atoms with E-state index < -0.39 is 4.92 Å². The van der Waals surface area contributed by atoms with Crippen molar-refractivity contribution in [1.29, 1.82) is 0 Å². The maximum absolute atomic E-state index is 10.4. The highest BCUT2D eigenvalue weighted by Gasteiger charge is 2.04. The molecule has 0 atom stereocenters. The highest BCUT2D eigenvalue weighted by Crippen LogP contribution is 2.11. The minimum absolute atomic E-state index is 0.0113. The first-order valence-electron chi connectivity index (χ1n) is 5.66. The lowest BCUT2D eigenvalue weighted by Gasteiger charge is -2.10. The second kappa shape index (κ2) is 7.57. The molecular formula is C11H18N4O3. The van der Waals surface area contributed by atoms with Crippen LogP contribution in [0.15, 0.2) is 18.3 Å². The number of nitro groups is 1. The molecule has 0 aliphatic carbocycles. The van der Waals surface area contributed by atoms with Gasteiger partial charge in [-0.25, -0.2) is 4.98 Å². The van der Waals surface area contributed by atoms with Crippen LogP contribution < -0.4 is 5.32 Å². The number of ether oxygens (including phenoxy) is 1. The maximum atomic E-state index is 10.4. The summed E-state index contributed by atoms with van der Waals surface area (Å²) >= 11 is 0. The summed E-state index contributed by atoms with van der Waals surface area (Å²) < 4.78 is 5.39. The fourth-order valence-corrected chi connectivity index (χ4v) is 1.20. The summed E-state index contributed by atoms with van der Waals surface area (Å²) in [5.41, 5.74) is -0.0113. The Kier molecular flexibility index (Phi) is 6.03. The first-order chi connectivity index (χ1) is 8.59. The highest BCUT2D eigenvalue weighted by molar-refractivity contribution is 5.39. The van der Waals surface area contributed by atoms with E-state index in [-0.39, 0.29) is 5.69 Å². The van der Waals surface area contributed by atoms with Gasteiger partial charge < -0.3 is 15.0 Å². The van der Waals surface area contributed by atoms with Gasteiger partial charge in [0, 0.05) is 19.2 Å². The van der Waals surface area contributed by atoms with Gasteiger partial charge in [0.25, 0.3) is 5.69 Å². The van der Waals surface area contributed by atoms with Gasteiger partial charge in [-0.15, -0.1) is 0 Å². The predicted octanol–water partition coefficient (Wildman–Crippen LogP) is 0.980. The minimum atomic E-state index is -0.471. The van der Waals surface area contributed by atoms with Crippen LogP contribution >= 0.6 is 0 Å². The largest absolute Gasteiger partial charge is 0.378 e. The summed E-state index contributed by atoms with van der Waals surface area (Å²) in [7, 11) is 3.98. The van der Waals surface area contributed by atoms with E-state index >= 15 is 0 Å². The molecule has 1 aromatic heterocycles. The highest BCUT2D eigenvalue weighted by atomic mass is 16.6. The van der Waals surface area contributed by atoms with E-state index in [0.717, 1.165) is 6.54 Å². The standard InChI is InChI=1S/C11H18N4O3/c1-14(2)6-8-18-7-5-12-11-4-3-10(9-13-11)15(16)17/h3-4,9H,5-8H2,1-2H3,(H,12,13). The zero-order valence-electron chi connectivity index (χ0n) is 10.6. The van der Waals surface area contributed by atoms with E-state index in [9.17, 15) is 10.1 Å². The number of aromatic nitrogens is 1. The molecule has 0 fully saturated rings. The zero-order chi connectivity index (χ0) is 13.4. The van der Waals surface area contributed by atoms with Crippen LogP contribution in [0.5, 0.6) is 0 Å². The Labute approximate surface area is 106 Å². The molecule has 7 heteroatoms. The number of hydrogen-bond donors (Lipinski definition) is 1. The molecule has 1 heterocycles. The summed E-state index contributed by atoms with van der Waals surface area (Å²) in [6.45, 7) is 2.77. The lowest BCUT2D eigenvalue weighted by molar-refractivity contribution is -0.385. The van der Waals surface area contributed by atoms with Crippen LogP contribution in [-0.2, 0) is 4.74 Å². The van der Waals surface area contributed by atoms with Crippen molar-refractivity contribution in [2.75, 3.05) is 45.7 Å². The Morgan fingerprint density at radius 1 is 1.44 bits per heavy atom. The number of nitrogens with one attached hydrogen (secondary N) is 1. The smallest absolute Gasteiger partial charge is 0.287 e. The number of rotatable bonds is 8. The number of pyridine rings is 1. The molecule has 0 radical (unpaired) electrons. The Hall–Kier alpha value is -1.73. The van der Waals surface area contributed by atoms with Crippen LogP contribution in [0, 0.1) is 10.1 Å². The van der Waals surface area contributed by atoms with Gasteiger partial charge >= 0.3 is 0 Å². The summed E-state index contributed by atoms with van der Waals surface area (Å²) in [6.07, 6.45) is 1.23. The monoisotopic (exact) mass is 254 g/mol. The second-order valence-corrected chi connectivity index (χ2v) is 4.00. The summed E-state index contributed by atoms with van der Waals surface area (Å²) in [5.74, 6) is 0.608. The fourth-order valence-electron chi connectivity index (χ4n) is 1.20. The average Bonchev–Trinajstić information content (AvgIpc) is 2.34. The first-order valence-corrected chi connectivity index (χ1v) is 5.66. The van der Waals surface area contributed by atoms with Crippen molar-refractivity contribution in [3.63, 3.8) is 0 Å². The van der Waals surface area contributed by atoms with Crippen LogP contribution in [0.25, 0.3) is 0 Å². The molecule has 0 spiro atoms. The molecular weight excluding hydrogens is 236 g/mol. The molecule has 0 aliphatic rings. The molecule has 0 saturated carbocycles. The lowest BCUT2D eigenvalue weighted by Crippen LogP contribution is -2.20. The average molecular weight is 254 g/mol. The van der Waals surface area contributed by atoms with E-state index in [0.29, 0.717) is 25.6 Å². The summed E-state index contributed by atoms with van der Waals surface area (Å²) in [5, 5.41) is 13.4. The molecule has 0 bridgehead atoms. The topological polar surface area (TPSA) is 80.5 Å². The van der Waals surface area contributed by atoms with Gasteiger partial charge in [-0.05, 0) is 20.2 Å². The predicted molar refractivity (Wildman–Crippen MR) is 68.8 cm³/mol. The Morgan fingerprint density at radius 3 is 2.78 bits per heavy atom. The van der Waals surface area contributed by atoms with Crippen molar-refractivity contribution in [3.8, 4) is 0 Å². The number of nitrogens with zero attached hydrogens (tertiary/aromatic N) is 3. The van der Waals surface area contributed by atoms with Crippen molar-refractivity contribution in [2.24, 2.45) is 0 Å². The normalized spacial score (nSPS) is 10.6. The van der Waals surface area contributed by atoms with Gasteiger partial charge in [0.05, 0.1) is 18.1 Å². The molecule has 0 amide bonds. The number of anilines is 1. The summed E-state index contributed by atoms with van der Waals surface area (Å²) in [4.78, 5) is 15.9. The molecule has 1 rings (SSSR count). The summed E-state index contributed by atoms with van der Waals surface area (Å²) in [6, 6.07) is 3.00. The minimum Gasteiger partial charge on any atom is -0.378 e. The van der Waals surface area contributed by atoms with Gasteiger partial charge in [-0.3, -0.25) is 10.1 Å². The third kappa shape index (κ3) is 5.55. The Bertz CT molecular complexity index is 367. The van der Waals surface area contributed by atoms with Gasteiger partial charge in [-0.2, -0.15) is 0 Å². The molecule has 0 saturated heterocycles. The Balaban J connectivity index is 2.17. The SMILES string of the molecule is CN(C)CCOCCNc1ccc([N+](=O)[O-])cn1. The molecule has 0 aromatic carbocycles. The van der Waals surface area contributed by atoms with Crippen LogP contribution in [0.4, 0.5) is 11.5 Å². The second-order valence-electron chi connectivity index (χ2n) is 4.00. The lowest BCUT2D eigenvalue weighted by atomic mass is 10.4. The molecule has 7 nitrogen and oxygen atoms in total. The van der Waals surface area contributed by atoms with Crippen molar-refractivity contribution in [2.45, 2.75) is 0 Å². The number of hydrogen-bond acceptors (Lipinski definition) is 6. The van der Waals surface area contributed by atoms with Crippen LogP contribution in [0.1, 0.15) is 0 Å². The van der Waals surface area contributed by atoms with E-state index in [1.54, 1.807) is 6.07 Å². The molecule has 0 aliphatic heterocycles. The van der Waals surface area contributed by atoms with E-state index in [1.165, 1.54) is 12.3 Å². The van der Waals surface area contributed by atoms with Gasteiger partial charge in [0.1, 0.15) is 12.0 Å². The van der Waals surface area contributed by atoms with Crippen LogP contribution in [0.2, 0.25) is 0 Å². The van der Waals surface area contributed by atoms with E-state index in [4.69, 9.17) is 4.74 Å². The molecule has 100 valence electrons. The molecule has 1 aromatic rings. The first kappa shape index (κ1) is 14.3. The molecule has 18 heavy (non-hydrogen) atoms. The maximum Gasteiger partial charge on any atom is 0.287 e. The third-order valence-electron chi connectivity index (χ3n) is 2.19. The van der Waals surface area contributed by atoms with Crippen LogP contribution in [0.3, 0.4) is 0 Å². The quantitative estimate of drug-likeness (QED) is 0.423. The fraction of sp³-hybridized carbons (Fsp3) is 0.545. The van der Waals surface area contributed by atoms with Gasteiger partial charge in [0.2, 0.25) is 0 Å². The van der Waals surface area contributed by atoms with Gasteiger partial charge in [0.15, 0.2) is 0 Å². The van der Waals surface area contributed by atoms with Crippen molar-refractivity contribution < 1.29 is 9.66 Å². The zero-order valence-corrected chi connectivity index (χ0v) is 10.6. The third-order valence-corrected chi connectivity index (χ3v) is 2.19. The van der Waals surface area contributed by atoms with Crippen LogP contribution in [-0.4, -0.2) is 55.2 Å². The van der Waals surface area contributed by atoms with Gasteiger partial charge in [-0.1, -0.05) is 0 Å². The number of likely N-dealkylation sites (N-methyl/N-ethyl adjacent to an activating group) is 1. The van der Waals surface area contributed by atoms with Crippen molar-refractivity contribution in [1.82, 2.24) is 9.88 Å². The van der Waals surface area contributed by atoms with Crippen molar-refractivity contribution >= 4 is 11.5 Å². The molecule has 1 N–H and O–H groups in total.